The van der Waals surface area contributed by atoms with Gasteiger partial charge in [0.1, 0.15) is 6.61 Å². The summed E-state index contributed by atoms with van der Waals surface area (Å²) < 4.78 is 26.5. The maximum Gasteiger partial charge on any atom is 0.244 e. The molecule has 0 bridgehead atoms. The van der Waals surface area contributed by atoms with Crippen LogP contribution in [0.1, 0.15) is 26.3 Å². The maximum atomic E-state index is 12.6. The van der Waals surface area contributed by atoms with Crippen molar-refractivity contribution in [2.45, 2.75) is 25.7 Å². The molecule has 0 fully saturated rings. The van der Waals surface area contributed by atoms with Crippen molar-refractivity contribution >= 4 is 10.0 Å². The molecule has 1 N–H and O–H groups in total. The van der Waals surface area contributed by atoms with E-state index in [1.165, 1.54) is 10.4 Å². The Labute approximate surface area is 121 Å². The van der Waals surface area contributed by atoms with E-state index in [1.54, 1.807) is 25.2 Å². The first-order valence-electron chi connectivity index (χ1n) is 6.33. The van der Waals surface area contributed by atoms with Crippen LogP contribution in [0.4, 0.5) is 0 Å². The Hall–Kier alpha value is -1.35. The number of sulfonamides is 1. The first-order chi connectivity index (χ1) is 9.18. The van der Waals surface area contributed by atoms with Gasteiger partial charge < -0.3 is 5.11 Å². The lowest BCUT2D eigenvalue weighted by atomic mass is 9.97. The summed E-state index contributed by atoms with van der Waals surface area (Å²) in [7, 11) is -2.02. The Kier molecular flexibility index (Phi) is 5.35. The fraction of sp³-hybridized carbons (Fsp3) is 0.467. The molecule has 1 aromatic carbocycles. The summed E-state index contributed by atoms with van der Waals surface area (Å²) in [5.74, 6) is 5.17. The van der Waals surface area contributed by atoms with Gasteiger partial charge in [-0.1, -0.05) is 44.7 Å². The Balaban J connectivity index is 3.22. The Morgan fingerprint density at radius 2 is 1.85 bits per heavy atom. The summed E-state index contributed by atoms with van der Waals surface area (Å²) in [6.45, 7) is 6.06. The lowest BCUT2D eigenvalue weighted by Crippen LogP contribution is -2.34. The Bertz CT molecular complexity index is 618. The molecule has 0 saturated carbocycles. The third-order valence-electron chi connectivity index (χ3n) is 2.57. The number of nitrogens with zero attached hydrogens (tertiary/aromatic N) is 1. The molecule has 5 heteroatoms. The van der Waals surface area contributed by atoms with E-state index in [-0.39, 0.29) is 16.9 Å². The van der Waals surface area contributed by atoms with Gasteiger partial charge in [-0.25, -0.2) is 12.7 Å². The molecule has 0 aliphatic carbocycles. The highest BCUT2D eigenvalue weighted by Gasteiger charge is 2.26. The largest absolute Gasteiger partial charge is 0.384 e. The van der Waals surface area contributed by atoms with Gasteiger partial charge in [-0.2, -0.15) is 0 Å². The van der Waals surface area contributed by atoms with E-state index in [0.717, 1.165) is 0 Å². The van der Waals surface area contributed by atoms with Crippen LogP contribution in [0.25, 0.3) is 0 Å². The molecule has 0 spiro atoms. The molecule has 0 radical (unpaired) electrons. The van der Waals surface area contributed by atoms with Crippen LogP contribution in [-0.2, 0) is 10.0 Å². The van der Waals surface area contributed by atoms with Gasteiger partial charge in [-0.15, -0.1) is 0 Å². The zero-order valence-corrected chi connectivity index (χ0v) is 13.2. The predicted molar refractivity (Wildman–Crippen MR) is 79.7 cm³/mol. The summed E-state index contributed by atoms with van der Waals surface area (Å²) in [6, 6.07) is 6.57. The van der Waals surface area contributed by atoms with Gasteiger partial charge >= 0.3 is 0 Å². The molecule has 0 heterocycles. The molecule has 0 aliphatic rings. The molecule has 110 valence electrons. The van der Waals surface area contributed by atoms with Crippen LogP contribution < -0.4 is 0 Å². The highest BCUT2D eigenvalue weighted by molar-refractivity contribution is 7.89. The van der Waals surface area contributed by atoms with Gasteiger partial charge in [0, 0.05) is 19.2 Å². The summed E-state index contributed by atoms with van der Waals surface area (Å²) in [6.07, 6.45) is 0. The Morgan fingerprint density at radius 1 is 1.25 bits per heavy atom. The van der Waals surface area contributed by atoms with Crippen molar-refractivity contribution in [3.8, 4) is 11.8 Å². The minimum Gasteiger partial charge on any atom is -0.384 e. The lowest BCUT2D eigenvalue weighted by molar-refractivity contribution is 0.310. The van der Waals surface area contributed by atoms with E-state index in [4.69, 9.17) is 5.11 Å². The van der Waals surface area contributed by atoms with Gasteiger partial charge in [0.2, 0.25) is 10.0 Å². The zero-order chi connectivity index (χ0) is 15.4. The molecule has 1 rings (SSSR count). The molecule has 0 unspecified atom stereocenters. The molecule has 4 nitrogen and oxygen atoms in total. The van der Waals surface area contributed by atoms with E-state index < -0.39 is 10.0 Å². The highest BCUT2D eigenvalue weighted by atomic mass is 32.2. The SMILES string of the molecule is CN(CC(C)(C)C)S(=O)(=O)c1ccccc1C#CCO. The van der Waals surface area contributed by atoms with Crippen LogP contribution in [0.15, 0.2) is 29.2 Å². The van der Waals surface area contributed by atoms with E-state index in [2.05, 4.69) is 11.8 Å². The first kappa shape index (κ1) is 16.7. The molecular weight excluding hydrogens is 274 g/mol. The van der Waals surface area contributed by atoms with Crippen molar-refractivity contribution in [2.75, 3.05) is 20.2 Å². The maximum absolute atomic E-state index is 12.6. The second-order valence-electron chi connectivity index (χ2n) is 5.78. The molecule has 1 aromatic rings. The molecular formula is C15H21NO3S. The quantitative estimate of drug-likeness (QED) is 0.864. The topological polar surface area (TPSA) is 57.6 Å². The number of aliphatic hydroxyl groups excluding tert-OH is 1. The van der Waals surface area contributed by atoms with E-state index in [1.807, 2.05) is 20.8 Å². The average molecular weight is 295 g/mol. The normalized spacial score (nSPS) is 12.1. The van der Waals surface area contributed by atoms with Gasteiger partial charge in [-0.05, 0) is 17.5 Å². The fourth-order valence-electron chi connectivity index (χ4n) is 1.85. The van der Waals surface area contributed by atoms with Crippen molar-refractivity contribution in [2.24, 2.45) is 5.41 Å². The third-order valence-corrected chi connectivity index (χ3v) is 4.44. The number of rotatable bonds is 3. The number of benzene rings is 1. The van der Waals surface area contributed by atoms with Crippen LogP contribution in [-0.4, -0.2) is 38.0 Å². The van der Waals surface area contributed by atoms with Crippen LogP contribution in [0.3, 0.4) is 0 Å². The second-order valence-corrected chi connectivity index (χ2v) is 7.79. The average Bonchev–Trinajstić information content (AvgIpc) is 2.34. The standard InChI is InChI=1S/C15H21NO3S/c1-15(2,3)12-16(4)20(18,19)14-10-6-5-8-13(14)9-7-11-17/h5-6,8,10,17H,11-12H2,1-4H3. The van der Waals surface area contributed by atoms with Gasteiger partial charge in [0.15, 0.2) is 0 Å². The Morgan fingerprint density at radius 3 is 2.40 bits per heavy atom. The molecule has 0 amide bonds. The van der Waals surface area contributed by atoms with Gasteiger partial charge in [0.05, 0.1) is 4.90 Å². The predicted octanol–water partition coefficient (Wildman–Crippen LogP) is 1.70. The van der Waals surface area contributed by atoms with Crippen molar-refractivity contribution in [1.29, 1.82) is 0 Å². The summed E-state index contributed by atoms with van der Waals surface area (Å²) in [4.78, 5) is 0.174. The summed E-state index contributed by atoms with van der Waals surface area (Å²) in [5.41, 5.74) is 0.274. The minimum absolute atomic E-state index is 0.131. The zero-order valence-electron chi connectivity index (χ0n) is 12.3. The van der Waals surface area contributed by atoms with E-state index in [9.17, 15) is 8.42 Å². The van der Waals surface area contributed by atoms with Crippen molar-refractivity contribution in [1.82, 2.24) is 4.31 Å². The first-order valence-corrected chi connectivity index (χ1v) is 7.77. The molecule has 0 atom stereocenters. The molecule has 20 heavy (non-hydrogen) atoms. The van der Waals surface area contributed by atoms with Gasteiger partial charge in [-0.3, -0.25) is 0 Å². The monoisotopic (exact) mass is 295 g/mol. The van der Waals surface area contributed by atoms with E-state index in [0.29, 0.717) is 12.1 Å². The highest BCUT2D eigenvalue weighted by Crippen LogP contribution is 2.22. The smallest absolute Gasteiger partial charge is 0.244 e. The lowest BCUT2D eigenvalue weighted by Gasteiger charge is -2.26. The van der Waals surface area contributed by atoms with Crippen LogP contribution >= 0.6 is 0 Å². The molecule has 0 aliphatic heterocycles. The number of aliphatic hydroxyl groups is 1. The molecule has 0 saturated heterocycles. The second kappa shape index (κ2) is 6.40. The summed E-state index contributed by atoms with van der Waals surface area (Å²) in [5, 5.41) is 8.75. The molecule has 0 aromatic heterocycles. The van der Waals surface area contributed by atoms with E-state index >= 15 is 0 Å². The minimum atomic E-state index is -3.58. The van der Waals surface area contributed by atoms with Gasteiger partial charge in [0.25, 0.3) is 0 Å². The summed E-state index contributed by atoms with van der Waals surface area (Å²) >= 11 is 0. The fourth-order valence-corrected chi connectivity index (χ4v) is 3.39. The van der Waals surface area contributed by atoms with Crippen molar-refractivity contribution < 1.29 is 13.5 Å². The van der Waals surface area contributed by atoms with Crippen molar-refractivity contribution in [3.63, 3.8) is 0 Å². The van der Waals surface area contributed by atoms with Crippen LogP contribution in [0.2, 0.25) is 0 Å². The van der Waals surface area contributed by atoms with Crippen molar-refractivity contribution in [3.05, 3.63) is 29.8 Å². The third kappa shape index (κ3) is 4.34. The van der Waals surface area contributed by atoms with Crippen LogP contribution in [0.5, 0.6) is 0 Å². The van der Waals surface area contributed by atoms with Crippen LogP contribution in [0, 0.1) is 17.3 Å². The number of hydrogen-bond acceptors (Lipinski definition) is 3. The number of hydrogen-bond donors (Lipinski definition) is 1.